The second-order valence-electron chi connectivity index (χ2n) is 6.13. The molecule has 2 aromatic carbocycles. The molecule has 0 aromatic heterocycles. The molecule has 0 radical (unpaired) electrons. The molecule has 1 saturated carbocycles. The van der Waals surface area contributed by atoms with Crippen LogP contribution in [0.5, 0.6) is 5.75 Å². The zero-order chi connectivity index (χ0) is 16.1. The van der Waals surface area contributed by atoms with Crippen LogP contribution in [-0.2, 0) is 4.74 Å². The number of rotatable bonds is 2. The third-order valence-corrected chi connectivity index (χ3v) is 4.61. The van der Waals surface area contributed by atoms with Gasteiger partial charge >= 0.3 is 0 Å². The van der Waals surface area contributed by atoms with Gasteiger partial charge in [-0.3, -0.25) is 0 Å². The SMILES string of the molecule is COC1CCC(c2ccc(C#Cc3ccc(O)cc3)cc2)CC1. The maximum absolute atomic E-state index is 9.27. The Balaban J connectivity index is 1.65. The van der Waals surface area contributed by atoms with Crippen LogP contribution in [0, 0.1) is 11.8 Å². The van der Waals surface area contributed by atoms with Gasteiger partial charge in [0, 0.05) is 18.2 Å². The van der Waals surface area contributed by atoms with Gasteiger partial charge in [-0.1, -0.05) is 24.0 Å². The molecule has 0 unspecified atom stereocenters. The molecule has 1 aliphatic rings. The molecular weight excluding hydrogens is 284 g/mol. The van der Waals surface area contributed by atoms with Gasteiger partial charge in [-0.05, 0) is 73.6 Å². The van der Waals surface area contributed by atoms with Gasteiger partial charge in [-0.15, -0.1) is 0 Å². The van der Waals surface area contributed by atoms with E-state index in [1.807, 2.05) is 19.2 Å². The number of aromatic hydroxyl groups is 1. The molecule has 0 heterocycles. The fourth-order valence-corrected chi connectivity index (χ4v) is 3.16. The molecule has 1 N–H and O–H groups in total. The van der Waals surface area contributed by atoms with Crippen molar-refractivity contribution in [3.05, 3.63) is 65.2 Å². The summed E-state index contributed by atoms with van der Waals surface area (Å²) >= 11 is 0. The Morgan fingerprint density at radius 2 is 1.35 bits per heavy atom. The molecule has 0 bridgehead atoms. The number of phenols is 1. The van der Waals surface area contributed by atoms with E-state index in [0.717, 1.165) is 24.0 Å². The fourth-order valence-electron chi connectivity index (χ4n) is 3.16. The first-order valence-corrected chi connectivity index (χ1v) is 8.18. The van der Waals surface area contributed by atoms with E-state index >= 15 is 0 Å². The molecule has 23 heavy (non-hydrogen) atoms. The van der Waals surface area contributed by atoms with Crippen LogP contribution >= 0.6 is 0 Å². The Labute approximate surface area is 138 Å². The maximum atomic E-state index is 9.27. The highest BCUT2D eigenvalue weighted by molar-refractivity contribution is 5.44. The van der Waals surface area contributed by atoms with Crippen LogP contribution in [0.4, 0.5) is 0 Å². The van der Waals surface area contributed by atoms with Crippen molar-refractivity contribution in [2.45, 2.75) is 37.7 Å². The summed E-state index contributed by atoms with van der Waals surface area (Å²) in [5, 5.41) is 9.27. The van der Waals surface area contributed by atoms with E-state index in [2.05, 4.69) is 36.1 Å². The molecule has 1 fully saturated rings. The standard InChI is InChI=1S/C21H22O2/c1-23-21-14-10-19(11-15-21)18-8-4-16(5-9-18)2-3-17-6-12-20(22)13-7-17/h4-9,12-13,19,21-22H,10-11,14-15H2,1H3. The highest BCUT2D eigenvalue weighted by Crippen LogP contribution is 2.33. The quantitative estimate of drug-likeness (QED) is 0.830. The van der Waals surface area contributed by atoms with Crippen LogP contribution in [0.15, 0.2) is 48.5 Å². The average Bonchev–Trinajstić information content (AvgIpc) is 2.62. The van der Waals surface area contributed by atoms with E-state index in [4.69, 9.17) is 4.74 Å². The summed E-state index contributed by atoms with van der Waals surface area (Å²) in [5.74, 6) is 7.22. The first-order chi connectivity index (χ1) is 11.2. The highest BCUT2D eigenvalue weighted by atomic mass is 16.5. The zero-order valence-corrected chi connectivity index (χ0v) is 13.5. The number of hydrogen-bond acceptors (Lipinski definition) is 2. The van der Waals surface area contributed by atoms with Crippen molar-refractivity contribution in [1.82, 2.24) is 0 Å². The lowest BCUT2D eigenvalue weighted by molar-refractivity contribution is 0.0659. The minimum atomic E-state index is 0.267. The first kappa shape index (κ1) is 15.6. The van der Waals surface area contributed by atoms with E-state index in [0.29, 0.717) is 12.0 Å². The van der Waals surface area contributed by atoms with Gasteiger partial charge in [0.1, 0.15) is 5.75 Å². The maximum Gasteiger partial charge on any atom is 0.115 e. The van der Waals surface area contributed by atoms with Crippen LogP contribution in [0.1, 0.15) is 48.3 Å². The predicted molar refractivity (Wildman–Crippen MR) is 92.5 cm³/mol. The molecule has 0 atom stereocenters. The number of benzene rings is 2. The molecule has 2 nitrogen and oxygen atoms in total. The number of ether oxygens (including phenoxy) is 1. The van der Waals surface area contributed by atoms with Gasteiger partial charge in [-0.2, -0.15) is 0 Å². The van der Waals surface area contributed by atoms with Crippen LogP contribution < -0.4 is 0 Å². The van der Waals surface area contributed by atoms with Gasteiger partial charge in [0.15, 0.2) is 0 Å². The largest absolute Gasteiger partial charge is 0.508 e. The molecular formula is C21H22O2. The van der Waals surface area contributed by atoms with Crippen molar-refractivity contribution in [1.29, 1.82) is 0 Å². The lowest BCUT2D eigenvalue weighted by Crippen LogP contribution is -2.19. The van der Waals surface area contributed by atoms with Gasteiger partial charge in [0.05, 0.1) is 6.10 Å². The van der Waals surface area contributed by atoms with Crippen molar-refractivity contribution in [3.8, 4) is 17.6 Å². The third-order valence-electron chi connectivity index (χ3n) is 4.61. The Morgan fingerprint density at radius 1 is 0.826 bits per heavy atom. The monoisotopic (exact) mass is 306 g/mol. The normalized spacial score (nSPS) is 20.6. The molecule has 0 aliphatic heterocycles. The number of methoxy groups -OCH3 is 1. The molecule has 2 aromatic rings. The van der Waals surface area contributed by atoms with Crippen molar-refractivity contribution < 1.29 is 9.84 Å². The smallest absolute Gasteiger partial charge is 0.115 e. The summed E-state index contributed by atoms with van der Waals surface area (Å²) < 4.78 is 5.44. The summed E-state index contributed by atoms with van der Waals surface area (Å²) in [6.07, 6.45) is 5.17. The number of hydrogen-bond donors (Lipinski definition) is 1. The van der Waals surface area contributed by atoms with Crippen LogP contribution in [0.2, 0.25) is 0 Å². The summed E-state index contributed by atoms with van der Waals surface area (Å²) in [6, 6.07) is 15.6. The molecule has 0 amide bonds. The van der Waals surface area contributed by atoms with E-state index in [9.17, 15) is 5.11 Å². The Hall–Kier alpha value is -2.24. The molecule has 3 rings (SSSR count). The van der Waals surface area contributed by atoms with Gasteiger partial charge in [0.25, 0.3) is 0 Å². The molecule has 0 saturated heterocycles. The predicted octanol–water partition coefficient (Wildman–Crippen LogP) is 4.46. The topological polar surface area (TPSA) is 29.5 Å². The zero-order valence-electron chi connectivity index (χ0n) is 13.5. The third kappa shape index (κ3) is 4.15. The second kappa shape index (κ2) is 7.35. The lowest BCUT2D eigenvalue weighted by atomic mass is 9.82. The minimum Gasteiger partial charge on any atom is -0.508 e. The number of phenolic OH excluding ortho intramolecular Hbond substituents is 1. The van der Waals surface area contributed by atoms with Crippen LogP contribution in [-0.4, -0.2) is 18.3 Å². The second-order valence-corrected chi connectivity index (χ2v) is 6.13. The highest BCUT2D eigenvalue weighted by Gasteiger charge is 2.21. The summed E-state index contributed by atoms with van der Waals surface area (Å²) in [5.41, 5.74) is 3.34. The average molecular weight is 306 g/mol. The van der Waals surface area contributed by atoms with Crippen LogP contribution in [0.3, 0.4) is 0 Å². The van der Waals surface area contributed by atoms with Gasteiger partial charge < -0.3 is 9.84 Å². The summed E-state index contributed by atoms with van der Waals surface area (Å²) in [7, 11) is 1.81. The Bertz CT molecular complexity index is 681. The summed E-state index contributed by atoms with van der Waals surface area (Å²) in [6.45, 7) is 0. The van der Waals surface area contributed by atoms with Gasteiger partial charge in [0.2, 0.25) is 0 Å². The molecule has 0 spiro atoms. The molecule has 1 aliphatic carbocycles. The molecule has 2 heteroatoms. The van der Waals surface area contributed by atoms with Crippen molar-refractivity contribution in [3.63, 3.8) is 0 Å². The van der Waals surface area contributed by atoms with Crippen molar-refractivity contribution in [2.24, 2.45) is 0 Å². The van der Waals surface area contributed by atoms with E-state index in [1.54, 1.807) is 12.1 Å². The van der Waals surface area contributed by atoms with Crippen molar-refractivity contribution in [2.75, 3.05) is 7.11 Å². The Kier molecular flexibility index (Phi) is 5.00. The first-order valence-electron chi connectivity index (χ1n) is 8.18. The molecule has 118 valence electrons. The van der Waals surface area contributed by atoms with E-state index < -0.39 is 0 Å². The fraction of sp³-hybridized carbons (Fsp3) is 0.333. The summed E-state index contributed by atoms with van der Waals surface area (Å²) in [4.78, 5) is 0. The van der Waals surface area contributed by atoms with E-state index in [-0.39, 0.29) is 5.75 Å². The minimum absolute atomic E-state index is 0.267. The van der Waals surface area contributed by atoms with Crippen LogP contribution in [0.25, 0.3) is 0 Å². The van der Waals surface area contributed by atoms with Crippen molar-refractivity contribution >= 4 is 0 Å². The van der Waals surface area contributed by atoms with E-state index in [1.165, 1.54) is 18.4 Å². The lowest BCUT2D eigenvalue weighted by Gasteiger charge is -2.27. The Morgan fingerprint density at radius 3 is 1.87 bits per heavy atom. The van der Waals surface area contributed by atoms with Gasteiger partial charge in [-0.25, -0.2) is 0 Å².